The maximum atomic E-state index is 11.3. The molecule has 0 amide bonds. The van der Waals surface area contributed by atoms with Crippen molar-refractivity contribution >= 4 is 31.8 Å². The summed E-state index contributed by atoms with van der Waals surface area (Å²) in [5, 5.41) is 0. The van der Waals surface area contributed by atoms with Crippen molar-refractivity contribution in [1.29, 1.82) is 0 Å². The summed E-state index contributed by atoms with van der Waals surface area (Å²) in [7, 11) is 3.95. The molecule has 0 unspecified atom stereocenters. The fourth-order valence-corrected chi connectivity index (χ4v) is 2.25. The average Bonchev–Trinajstić information content (AvgIpc) is 2.34. The largest absolute Gasteiger partial charge is 0.495 e. The normalized spacial score (nSPS) is 11.5. The van der Waals surface area contributed by atoms with Crippen molar-refractivity contribution in [1.82, 2.24) is 0 Å². The molecule has 0 aliphatic heterocycles. The van der Waals surface area contributed by atoms with Crippen molar-refractivity contribution in [2.75, 3.05) is 14.2 Å². The highest BCUT2D eigenvalue weighted by Crippen LogP contribution is 2.28. The lowest BCUT2D eigenvalue weighted by molar-refractivity contribution is -0.134. The van der Waals surface area contributed by atoms with Crippen LogP contribution in [0.4, 0.5) is 0 Å². The van der Waals surface area contributed by atoms with E-state index in [1.54, 1.807) is 6.07 Å². The predicted molar refractivity (Wildman–Crippen MR) is 67.1 cm³/mol. The number of methoxy groups -OCH3 is 2. The van der Waals surface area contributed by atoms with Gasteiger partial charge in [-0.1, -0.05) is 6.07 Å². The number of hydrogen-bond donors (Lipinski definition) is 0. The lowest BCUT2D eigenvalue weighted by Gasteiger charge is -2.06. The molecule has 1 aromatic carbocycles. The van der Waals surface area contributed by atoms with Gasteiger partial charge in [0.05, 0.1) is 14.2 Å². The lowest BCUT2D eigenvalue weighted by atomic mass is 10.2. The van der Waals surface area contributed by atoms with Crippen LogP contribution in [0.1, 0.15) is 5.56 Å². The molecule has 5 nitrogen and oxygen atoms in total. The van der Waals surface area contributed by atoms with Crippen molar-refractivity contribution in [3.05, 3.63) is 29.8 Å². The van der Waals surface area contributed by atoms with Gasteiger partial charge in [0.15, 0.2) is 0 Å². The summed E-state index contributed by atoms with van der Waals surface area (Å²) in [4.78, 5) is 10.8. The topological polar surface area (TPSA) is 69.7 Å². The van der Waals surface area contributed by atoms with E-state index in [-0.39, 0.29) is 10.6 Å². The van der Waals surface area contributed by atoms with Crippen molar-refractivity contribution < 1.29 is 22.7 Å². The molecular weight excluding hydrogens is 280 g/mol. The van der Waals surface area contributed by atoms with E-state index in [9.17, 15) is 13.2 Å². The number of ether oxygens (including phenoxy) is 2. The van der Waals surface area contributed by atoms with Crippen LogP contribution in [0.15, 0.2) is 29.2 Å². The monoisotopic (exact) mass is 290 g/mol. The van der Waals surface area contributed by atoms with Crippen molar-refractivity contribution in [2.45, 2.75) is 4.90 Å². The standard InChI is InChI=1S/C11H11ClO5S/c1-16-9-5-3-8(4-6-11(13)17-2)7-10(9)18(12,14)15/h3-7H,1-2H3/b6-4+. The Morgan fingerprint density at radius 3 is 2.50 bits per heavy atom. The smallest absolute Gasteiger partial charge is 0.330 e. The highest BCUT2D eigenvalue weighted by atomic mass is 35.7. The zero-order chi connectivity index (χ0) is 13.8. The zero-order valence-electron chi connectivity index (χ0n) is 9.71. The first-order valence-corrected chi connectivity index (χ1v) is 7.08. The van der Waals surface area contributed by atoms with E-state index >= 15 is 0 Å². The molecule has 98 valence electrons. The minimum Gasteiger partial charge on any atom is -0.495 e. The number of carbonyl (C=O) groups is 1. The number of halogens is 1. The van der Waals surface area contributed by atoms with Crippen LogP contribution in [0.3, 0.4) is 0 Å². The van der Waals surface area contributed by atoms with Crippen LogP contribution in [0.5, 0.6) is 5.75 Å². The van der Waals surface area contributed by atoms with Gasteiger partial charge in [0.1, 0.15) is 10.6 Å². The van der Waals surface area contributed by atoms with Gasteiger partial charge in [-0.2, -0.15) is 0 Å². The van der Waals surface area contributed by atoms with E-state index in [1.165, 1.54) is 38.5 Å². The van der Waals surface area contributed by atoms with Crippen LogP contribution in [-0.4, -0.2) is 28.6 Å². The number of rotatable bonds is 4. The molecule has 0 fully saturated rings. The van der Waals surface area contributed by atoms with Crippen molar-refractivity contribution in [3.8, 4) is 5.75 Å². The molecule has 0 saturated carbocycles. The molecule has 0 atom stereocenters. The zero-order valence-corrected chi connectivity index (χ0v) is 11.3. The van der Waals surface area contributed by atoms with E-state index in [0.717, 1.165) is 0 Å². The Morgan fingerprint density at radius 1 is 1.33 bits per heavy atom. The minimum absolute atomic E-state index is 0.139. The molecule has 0 saturated heterocycles. The van der Waals surface area contributed by atoms with Crippen LogP contribution in [0, 0.1) is 0 Å². The molecule has 0 aliphatic carbocycles. The molecule has 1 rings (SSSR count). The van der Waals surface area contributed by atoms with Gasteiger partial charge in [0.25, 0.3) is 9.05 Å². The first-order valence-electron chi connectivity index (χ1n) is 4.77. The van der Waals surface area contributed by atoms with E-state index in [0.29, 0.717) is 5.56 Å². The molecule has 0 bridgehead atoms. The summed E-state index contributed by atoms with van der Waals surface area (Å²) in [6.07, 6.45) is 2.59. The predicted octanol–water partition coefficient (Wildman–Crippen LogP) is 1.81. The molecule has 0 heterocycles. The third-order valence-electron chi connectivity index (χ3n) is 2.06. The first-order chi connectivity index (χ1) is 8.38. The van der Waals surface area contributed by atoms with E-state index in [4.69, 9.17) is 15.4 Å². The second-order valence-electron chi connectivity index (χ2n) is 3.20. The molecule has 1 aromatic rings. The Hall–Kier alpha value is -1.53. The Labute approximate surface area is 109 Å². The lowest BCUT2D eigenvalue weighted by Crippen LogP contribution is -1.97. The van der Waals surface area contributed by atoms with Crippen LogP contribution in [0.2, 0.25) is 0 Å². The number of esters is 1. The van der Waals surface area contributed by atoms with E-state index in [1.807, 2.05) is 0 Å². The van der Waals surface area contributed by atoms with Gasteiger partial charge >= 0.3 is 5.97 Å². The highest BCUT2D eigenvalue weighted by Gasteiger charge is 2.16. The van der Waals surface area contributed by atoms with Gasteiger partial charge < -0.3 is 9.47 Å². The third-order valence-corrected chi connectivity index (χ3v) is 3.41. The number of hydrogen-bond acceptors (Lipinski definition) is 5. The molecular formula is C11H11ClO5S. The van der Waals surface area contributed by atoms with Crippen molar-refractivity contribution in [2.24, 2.45) is 0 Å². The number of benzene rings is 1. The van der Waals surface area contributed by atoms with Crippen LogP contribution >= 0.6 is 10.7 Å². The van der Waals surface area contributed by atoms with Crippen molar-refractivity contribution in [3.63, 3.8) is 0 Å². The Balaban J connectivity index is 3.20. The number of carbonyl (C=O) groups excluding carboxylic acids is 1. The van der Waals surface area contributed by atoms with Gasteiger partial charge in [0.2, 0.25) is 0 Å². The second-order valence-corrected chi connectivity index (χ2v) is 5.74. The minimum atomic E-state index is -3.92. The summed E-state index contributed by atoms with van der Waals surface area (Å²) >= 11 is 0. The van der Waals surface area contributed by atoms with Crippen LogP contribution in [0.25, 0.3) is 6.08 Å². The van der Waals surface area contributed by atoms with E-state index < -0.39 is 15.0 Å². The summed E-state index contributed by atoms with van der Waals surface area (Å²) in [6, 6.07) is 4.34. The van der Waals surface area contributed by atoms with Gasteiger partial charge in [0, 0.05) is 16.8 Å². The van der Waals surface area contributed by atoms with Crippen LogP contribution in [-0.2, 0) is 18.6 Å². The van der Waals surface area contributed by atoms with Gasteiger partial charge in [-0.3, -0.25) is 0 Å². The molecule has 0 spiro atoms. The average molecular weight is 291 g/mol. The molecule has 0 N–H and O–H groups in total. The van der Waals surface area contributed by atoms with Crippen LogP contribution < -0.4 is 4.74 Å². The maximum absolute atomic E-state index is 11.3. The fraction of sp³-hybridized carbons (Fsp3) is 0.182. The summed E-state index contributed by atoms with van der Waals surface area (Å²) < 4.78 is 32.0. The Bertz CT molecular complexity index is 577. The third kappa shape index (κ3) is 3.75. The fourth-order valence-electron chi connectivity index (χ4n) is 1.22. The van der Waals surface area contributed by atoms with Gasteiger partial charge in [-0.05, 0) is 23.8 Å². The first kappa shape index (κ1) is 14.5. The summed E-state index contributed by atoms with van der Waals surface area (Å²) in [6.45, 7) is 0. The Morgan fingerprint density at radius 2 is 2.00 bits per heavy atom. The maximum Gasteiger partial charge on any atom is 0.330 e. The SMILES string of the molecule is COC(=O)/C=C/c1ccc(OC)c(S(=O)(=O)Cl)c1. The van der Waals surface area contributed by atoms with E-state index in [2.05, 4.69) is 4.74 Å². The molecule has 7 heteroatoms. The second kappa shape index (κ2) is 5.88. The molecule has 0 radical (unpaired) electrons. The Kier molecular flexibility index (Phi) is 4.75. The molecule has 0 aromatic heterocycles. The summed E-state index contributed by atoms with van der Waals surface area (Å²) in [5.41, 5.74) is 0.487. The molecule has 18 heavy (non-hydrogen) atoms. The molecule has 0 aliphatic rings. The summed E-state index contributed by atoms with van der Waals surface area (Å²) in [5.74, 6) is -0.402. The van der Waals surface area contributed by atoms with Gasteiger partial charge in [-0.25, -0.2) is 13.2 Å². The van der Waals surface area contributed by atoms with Gasteiger partial charge in [-0.15, -0.1) is 0 Å². The quantitative estimate of drug-likeness (QED) is 0.480. The highest BCUT2D eigenvalue weighted by molar-refractivity contribution is 8.13.